The van der Waals surface area contributed by atoms with Gasteiger partial charge >= 0.3 is 0 Å². The molecule has 2 aromatic rings. The van der Waals surface area contributed by atoms with Crippen LogP contribution in [-0.2, 0) is 0 Å². The summed E-state index contributed by atoms with van der Waals surface area (Å²) in [5, 5.41) is 8.18. The van der Waals surface area contributed by atoms with Gasteiger partial charge in [-0.3, -0.25) is 4.79 Å². The fourth-order valence-electron chi connectivity index (χ4n) is 3.66. The van der Waals surface area contributed by atoms with Gasteiger partial charge < -0.3 is 15.0 Å². The van der Waals surface area contributed by atoms with Gasteiger partial charge in [-0.05, 0) is 68.8 Å². The molecule has 0 unspecified atom stereocenters. The first-order valence-corrected chi connectivity index (χ1v) is 9.87. The fourth-order valence-corrected chi connectivity index (χ4v) is 3.66. The SMILES string of the molecule is COc1ccc(C)cc1-n1ccc(C(=O)N2CCC(NCC3CC3)CC2)n1. The molecule has 1 aromatic carbocycles. The molecule has 0 atom stereocenters. The van der Waals surface area contributed by atoms with Crippen molar-refractivity contribution in [3.05, 3.63) is 41.7 Å². The number of hydrogen-bond acceptors (Lipinski definition) is 4. The highest BCUT2D eigenvalue weighted by molar-refractivity contribution is 5.92. The molecule has 144 valence electrons. The molecule has 1 saturated heterocycles. The highest BCUT2D eigenvalue weighted by atomic mass is 16.5. The van der Waals surface area contributed by atoms with E-state index >= 15 is 0 Å². The van der Waals surface area contributed by atoms with Gasteiger partial charge in [-0.1, -0.05) is 6.07 Å². The number of hydrogen-bond donors (Lipinski definition) is 1. The Balaban J connectivity index is 1.40. The molecule has 0 spiro atoms. The first-order chi connectivity index (χ1) is 13.1. The summed E-state index contributed by atoms with van der Waals surface area (Å²) in [4.78, 5) is 14.8. The third-order valence-corrected chi connectivity index (χ3v) is 5.56. The van der Waals surface area contributed by atoms with Crippen molar-refractivity contribution in [3.8, 4) is 11.4 Å². The predicted molar refractivity (Wildman–Crippen MR) is 105 cm³/mol. The van der Waals surface area contributed by atoms with Crippen molar-refractivity contribution in [1.29, 1.82) is 0 Å². The summed E-state index contributed by atoms with van der Waals surface area (Å²) in [7, 11) is 1.64. The Morgan fingerprint density at radius 1 is 1.22 bits per heavy atom. The van der Waals surface area contributed by atoms with E-state index in [4.69, 9.17) is 4.74 Å². The predicted octanol–water partition coefficient (Wildman–Crippen LogP) is 2.79. The summed E-state index contributed by atoms with van der Waals surface area (Å²) >= 11 is 0. The number of nitrogens with zero attached hydrogens (tertiary/aromatic N) is 3. The molecule has 0 bridgehead atoms. The van der Waals surface area contributed by atoms with E-state index in [2.05, 4.69) is 10.4 Å². The van der Waals surface area contributed by atoms with Crippen molar-refractivity contribution in [1.82, 2.24) is 20.0 Å². The van der Waals surface area contributed by atoms with E-state index in [9.17, 15) is 4.79 Å². The van der Waals surface area contributed by atoms with Gasteiger partial charge in [0.25, 0.3) is 5.91 Å². The van der Waals surface area contributed by atoms with Crippen LogP contribution < -0.4 is 10.1 Å². The second-order valence-corrected chi connectivity index (χ2v) is 7.74. The molecule has 1 aromatic heterocycles. The lowest BCUT2D eigenvalue weighted by Crippen LogP contribution is -2.45. The second kappa shape index (κ2) is 7.72. The largest absolute Gasteiger partial charge is 0.494 e. The average molecular weight is 368 g/mol. The third-order valence-electron chi connectivity index (χ3n) is 5.56. The molecular weight excluding hydrogens is 340 g/mol. The van der Waals surface area contributed by atoms with Crippen LogP contribution in [0.15, 0.2) is 30.5 Å². The van der Waals surface area contributed by atoms with Crippen LogP contribution in [0, 0.1) is 12.8 Å². The zero-order valence-electron chi connectivity index (χ0n) is 16.1. The molecule has 1 N–H and O–H groups in total. The van der Waals surface area contributed by atoms with E-state index in [1.165, 1.54) is 12.8 Å². The van der Waals surface area contributed by atoms with Gasteiger partial charge in [0.2, 0.25) is 0 Å². The maximum absolute atomic E-state index is 12.8. The van der Waals surface area contributed by atoms with Crippen LogP contribution in [0.2, 0.25) is 0 Å². The van der Waals surface area contributed by atoms with Gasteiger partial charge in [0.05, 0.1) is 7.11 Å². The van der Waals surface area contributed by atoms with Crippen LogP contribution in [-0.4, -0.2) is 53.4 Å². The van der Waals surface area contributed by atoms with E-state index in [1.54, 1.807) is 17.9 Å². The summed E-state index contributed by atoms with van der Waals surface area (Å²) in [6.45, 7) is 4.75. The van der Waals surface area contributed by atoms with E-state index in [0.29, 0.717) is 11.7 Å². The van der Waals surface area contributed by atoms with Gasteiger partial charge in [0.1, 0.15) is 11.4 Å². The van der Waals surface area contributed by atoms with E-state index in [-0.39, 0.29) is 5.91 Å². The molecular formula is C21H28N4O2. The standard InChI is InChI=1S/C21H28N4O2/c1-15-3-6-20(27-2)19(13-15)25-12-9-18(23-25)21(26)24-10-7-17(8-11-24)22-14-16-4-5-16/h3,6,9,12-13,16-17,22H,4-5,7-8,10-11,14H2,1-2H3. The monoisotopic (exact) mass is 368 g/mol. The van der Waals surface area contributed by atoms with Crippen molar-refractivity contribution < 1.29 is 9.53 Å². The van der Waals surface area contributed by atoms with Crippen LogP contribution in [0.4, 0.5) is 0 Å². The first kappa shape index (κ1) is 18.0. The molecule has 0 radical (unpaired) electrons. The van der Waals surface area contributed by atoms with Gasteiger partial charge in [-0.2, -0.15) is 5.10 Å². The highest BCUT2D eigenvalue weighted by Gasteiger charge is 2.27. The number of aromatic nitrogens is 2. The van der Waals surface area contributed by atoms with Gasteiger partial charge in [-0.15, -0.1) is 0 Å². The zero-order valence-corrected chi connectivity index (χ0v) is 16.1. The van der Waals surface area contributed by atoms with Crippen LogP contribution in [0.3, 0.4) is 0 Å². The summed E-state index contributed by atoms with van der Waals surface area (Å²) < 4.78 is 7.16. The third kappa shape index (κ3) is 4.16. The van der Waals surface area contributed by atoms with Crippen molar-refractivity contribution in [2.45, 2.75) is 38.6 Å². The van der Waals surface area contributed by atoms with Crippen LogP contribution >= 0.6 is 0 Å². The molecule has 1 aliphatic heterocycles. The first-order valence-electron chi connectivity index (χ1n) is 9.87. The summed E-state index contributed by atoms with van der Waals surface area (Å²) in [5.41, 5.74) is 2.46. The van der Waals surface area contributed by atoms with E-state index in [1.807, 2.05) is 36.2 Å². The molecule has 4 rings (SSSR count). The topological polar surface area (TPSA) is 59.4 Å². The smallest absolute Gasteiger partial charge is 0.274 e. The lowest BCUT2D eigenvalue weighted by Gasteiger charge is -2.32. The van der Waals surface area contributed by atoms with Crippen LogP contribution in [0.25, 0.3) is 5.69 Å². The van der Waals surface area contributed by atoms with Crippen LogP contribution in [0.1, 0.15) is 41.7 Å². The van der Waals surface area contributed by atoms with E-state index in [0.717, 1.165) is 55.4 Å². The molecule has 2 heterocycles. The Morgan fingerprint density at radius 3 is 2.70 bits per heavy atom. The number of rotatable bonds is 6. The van der Waals surface area contributed by atoms with Crippen molar-refractivity contribution in [3.63, 3.8) is 0 Å². The Hall–Kier alpha value is -2.34. The lowest BCUT2D eigenvalue weighted by atomic mass is 10.0. The summed E-state index contributed by atoms with van der Waals surface area (Å²) in [6.07, 6.45) is 6.61. The maximum atomic E-state index is 12.8. The van der Waals surface area contributed by atoms with Gasteiger partial charge in [0.15, 0.2) is 5.69 Å². The van der Waals surface area contributed by atoms with E-state index < -0.39 is 0 Å². The number of ether oxygens (including phenoxy) is 1. The van der Waals surface area contributed by atoms with Gasteiger partial charge in [-0.25, -0.2) is 4.68 Å². The van der Waals surface area contributed by atoms with Crippen molar-refractivity contribution in [2.24, 2.45) is 5.92 Å². The van der Waals surface area contributed by atoms with Gasteiger partial charge in [0, 0.05) is 25.3 Å². The number of likely N-dealkylation sites (tertiary alicyclic amines) is 1. The second-order valence-electron chi connectivity index (χ2n) is 7.74. The normalized spacial score (nSPS) is 17.9. The van der Waals surface area contributed by atoms with Crippen LogP contribution in [0.5, 0.6) is 5.75 Å². The number of piperidine rings is 1. The Bertz CT molecular complexity index is 804. The lowest BCUT2D eigenvalue weighted by molar-refractivity contribution is 0.0698. The Kier molecular flexibility index (Phi) is 5.16. The number of nitrogens with one attached hydrogen (secondary N) is 1. The molecule has 6 heteroatoms. The zero-order chi connectivity index (χ0) is 18.8. The minimum Gasteiger partial charge on any atom is -0.494 e. The number of carbonyl (C=O) groups is 1. The molecule has 6 nitrogen and oxygen atoms in total. The molecule has 1 amide bonds. The molecule has 2 aliphatic rings. The van der Waals surface area contributed by atoms with Crippen molar-refractivity contribution in [2.75, 3.05) is 26.7 Å². The minimum atomic E-state index is 0.0148. The molecule has 27 heavy (non-hydrogen) atoms. The summed E-state index contributed by atoms with van der Waals surface area (Å²) in [5.74, 6) is 1.65. The average Bonchev–Trinajstić information content (AvgIpc) is 3.40. The number of amides is 1. The summed E-state index contributed by atoms with van der Waals surface area (Å²) in [6, 6.07) is 8.27. The minimum absolute atomic E-state index is 0.0148. The Morgan fingerprint density at radius 2 is 2.00 bits per heavy atom. The molecule has 1 aliphatic carbocycles. The maximum Gasteiger partial charge on any atom is 0.274 e. The number of benzene rings is 1. The Labute approximate surface area is 160 Å². The fraction of sp³-hybridized carbons (Fsp3) is 0.524. The number of carbonyl (C=O) groups excluding carboxylic acids is 1. The number of aryl methyl sites for hydroxylation is 1. The number of methoxy groups -OCH3 is 1. The van der Waals surface area contributed by atoms with Crippen molar-refractivity contribution >= 4 is 5.91 Å². The molecule has 1 saturated carbocycles. The quantitative estimate of drug-likeness (QED) is 0.852. The highest BCUT2D eigenvalue weighted by Crippen LogP contribution is 2.28. The molecule has 2 fully saturated rings.